The van der Waals surface area contributed by atoms with Crippen LogP contribution in [0.15, 0.2) is 56.8 Å². The summed E-state index contributed by atoms with van der Waals surface area (Å²) in [4.78, 5) is 18.4. The predicted octanol–water partition coefficient (Wildman–Crippen LogP) is 1.21. The Morgan fingerprint density at radius 1 is 1.25 bits per heavy atom. The predicted molar refractivity (Wildman–Crippen MR) is 85.6 cm³/mol. The summed E-state index contributed by atoms with van der Waals surface area (Å²) in [6.45, 7) is 1.63. The first-order chi connectivity index (χ1) is 11.5. The van der Waals surface area contributed by atoms with Crippen LogP contribution >= 0.6 is 0 Å². The fraction of sp³-hybridized carbons (Fsp3) is 0.133. The molecule has 124 valence electrons. The second kappa shape index (κ2) is 6.38. The Morgan fingerprint density at radius 2 is 2.08 bits per heavy atom. The van der Waals surface area contributed by atoms with Gasteiger partial charge in [-0.05, 0) is 36.8 Å². The molecule has 1 aromatic carbocycles. The molecule has 0 atom stereocenters. The number of aromatic amines is 1. The minimum Gasteiger partial charge on any atom is -0.338 e. The molecular weight excluding hydrogens is 332 g/mol. The van der Waals surface area contributed by atoms with Crippen LogP contribution in [-0.4, -0.2) is 23.5 Å². The number of aromatic nitrogens is 3. The van der Waals surface area contributed by atoms with Crippen molar-refractivity contribution in [3.63, 3.8) is 0 Å². The summed E-state index contributed by atoms with van der Waals surface area (Å²) in [5.41, 5.74) is 0.723. The van der Waals surface area contributed by atoms with E-state index in [-0.39, 0.29) is 34.3 Å². The molecule has 9 heteroatoms. The van der Waals surface area contributed by atoms with E-state index in [0.29, 0.717) is 0 Å². The Balaban J connectivity index is 1.76. The molecule has 24 heavy (non-hydrogen) atoms. The van der Waals surface area contributed by atoms with E-state index in [1.807, 2.05) is 0 Å². The summed E-state index contributed by atoms with van der Waals surface area (Å²) in [5.74, 6) is 0.158. The van der Waals surface area contributed by atoms with Gasteiger partial charge in [0.2, 0.25) is 21.7 Å². The molecule has 2 aromatic heterocycles. The van der Waals surface area contributed by atoms with Crippen molar-refractivity contribution in [1.82, 2.24) is 19.8 Å². The maximum Gasteiger partial charge on any atom is 0.259 e. The van der Waals surface area contributed by atoms with Gasteiger partial charge in [0.1, 0.15) is 0 Å². The minimum atomic E-state index is -3.69. The number of benzene rings is 1. The average molecular weight is 346 g/mol. The van der Waals surface area contributed by atoms with E-state index in [4.69, 9.17) is 4.52 Å². The third-order valence-electron chi connectivity index (χ3n) is 3.24. The summed E-state index contributed by atoms with van der Waals surface area (Å²) < 4.78 is 31.8. The zero-order chi connectivity index (χ0) is 17.2. The van der Waals surface area contributed by atoms with E-state index in [2.05, 4.69) is 19.8 Å². The normalized spacial score (nSPS) is 11.5. The first-order valence-corrected chi connectivity index (χ1v) is 8.51. The highest BCUT2D eigenvalue weighted by atomic mass is 32.2. The molecule has 0 spiro atoms. The Kier molecular flexibility index (Phi) is 4.28. The maximum atomic E-state index is 12.2. The van der Waals surface area contributed by atoms with Gasteiger partial charge in [-0.2, -0.15) is 4.98 Å². The lowest BCUT2D eigenvalue weighted by Gasteiger charge is -2.05. The molecule has 0 radical (unpaired) electrons. The molecule has 0 aliphatic rings. The molecule has 0 saturated heterocycles. The molecule has 3 aromatic rings. The molecule has 2 heterocycles. The van der Waals surface area contributed by atoms with Crippen LogP contribution in [0.3, 0.4) is 0 Å². The summed E-state index contributed by atoms with van der Waals surface area (Å²) in [6.07, 6.45) is 1.49. The summed E-state index contributed by atoms with van der Waals surface area (Å²) >= 11 is 0. The smallest absolute Gasteiger partial charge is 0.259 e. The van der Waals surface area contributed by atoms with Gasteiger partial charge in [-0.3, -0.25) is 4.79 Å². The van der Waals surface area contributed by atoms with E-state index in [9.17, 15) is 13.2 Å². The Hall–Kier alpha value is -2.78. The van der Waals surface area contributed by atoms with Crippen molar-refractivity contribution in [3.8, 4) is 11.4 Å². The largest absolute Gasteiger partial charge is 0.338 e. The zero-order valence-electron chi connectivity index (χ0n) is 12.7. The molecule has 0 aliphatic carbocycles. The van der Waals surface area contributed by atoms with Crippen LogP contribution in [0.5, 0.6) is 0 Å². The molecule has 3 rings (SSSR count). The molecule has 2 N–H and O–H groups in total. The van der Waals surface area contributed by atoms with E-state index < -0.39 is 10.0 Å². The number of aryl methyl sites for hydroxylation is 1. The van der Waals surface area contributed by atoms with E-state index in [1.54, 1.807) is 37.3 Å². The molecule has 8 nitrogen and oxygen atoms in total. The van der Waals surface area contributed by atoms with Crippen LogP contribution in [0.2, 0.25) is 0 Å². The fourth-order valence-electron chi connectivity index (χ4n) is 2.06. The highest BCUT2D eigenvalue weighted by molar-refractivity contribution is 7.89. The first-order valence-electron chi connectivity index (χ1n) is 7.03. The summed E-state index contributed by atoms with van der Waals surface area (Å²) in [6, 6.07) is 9.71. The SMILES string of the molecule is Cc1cccc(S(=O)(=O)NCc2nc(-c3ccc[nH]c3=O)no2)c1. The Bertz CT molecular complexity index is 1020. The number of rotatable bonds is 5. The lowest BCUT2D eigenvalue weighted by molar-refractivity contribution is 0.376. The number of hydrogen-bond acceptors (Lipinski definition) is 6. The van der Waals surface area contributed by atoms with Crippen molar-refractivity contribution < 1.29 is 12.9 Å². The van der Waals surface area contributed by atoms with Gasteiger partial charge >= 0.3 is 0 Å². The Morgan fingerprint density at radius 3 is 2.83 bits per heavy atom. The minimum absolute atomic E-state index is 0.0597. The van der Waals surface area contributed by atoms with Gasteiger partial charge in [0.25, 0.3) is 5.56 Å². The van der Waals surface area contributed by atoms with Crippen molar-refractivity contribution >= 4 is 10.0 Å². The third kappa shape index (κ3) is 3.42. The van der Waals surface area contributed by atoms with Crippen molar-refractivity contribution in [1.29, 1.82) is 0 Å². The van der Waals surface area contributed by atoms with Crippen LogP contribution in [-0.2, 0) is 16.6 Å². The van der Waals surface area contributed by atoms with Gasteiger partial charge in [0, 0.05) is 6.20 Å². The van der Waals surface area contributed by atoms with Gasteiger partial charge in [0.15, 0.2) is 0 Å². The summed E-state index contributed by atoms with van der Waals surface area (Å²) in [7, 11) is -3.69. The van der Waals surface area contributed by atoms with Crippen LogP contribution < -0.4 is 10.3 Å². The Labute approximate surface area is 137 Å². The van der Waals surface area contributed by atoms with Crippen LogP contribution in [0.1, 0.15) is 11.5 Å². The number of nitrogens with one attached hydrogen (secondary N) is 2. The number of H-pyrrole nitrogens is 1. The monoisotopic (exact) mass is 346 g/mol. The highest BCUT2D eigenvalue weighted by Gasteiger charge is 2.17. The molecule has 0 unspecified atom stereocenters. The van der Waals surface area contributed by atoms with Crippen molar-refractivity contribution in [3.05, 3.63) is 64.4 Å². The second-order valence-electron chi connectivity index (χ2n) is 5.07. The molecule has 0 aliphatic heterocycles. The standard InChI is InChI=1S/C15H14N4O4S/c1-10-4-2-5-11(8-10)24(21,22)17-9-13-18-14(19-23-13)12-6-3-7-16-15(12)20/h2-8,17H,9H2,1H3,(H,16,20). The third-order valence-corrected chi connectivity index (χ3v) is 4.64. The fourth-order valence-corrected chi connectivity index (χ4v) is 3.14. The molecule has 0 saturated carbocycles. The molecular formula is C15H14N4O4S. The summed E-state index contributed by atoms with van der Waals surface area (Å²) in [5, 5.41) is 3.69. The van der Waals surface area contributed by atoms with Crippen molar-refractivity contribution in [2.24, 2.45) is 0 Å². The van der Waals surface area contributed by atoms with Crippen molar-refractivity contribution in [2.75, 3.05) is 0 Å². The van der Waals surface area contributed by atoms with Gasteiger partial charge in [-0.1, -0.05) is 17.3 Å². The topological polar surface area (TPSA) is 118 Å². The quantitative estimate of drug-likeness (QED) is 0.717. The number of sulfonamides is 1. The molecule has 0 amide bonds. The lowest BCUT2D eigenvalue weighted by atomic mass is 10.2. The maximum absolute atomic E-state index is 12.2. The van der Waals surface area contributed by atoms with Crippen LogP contribution in [0.25, 0.3) is 11.4 Å². The second-order valence-corrected chi connectivity index (χ2v) is 6.83. The number of nitrogens with zero attached hydrogens (tertiary/aromatic N) is 2. The number of hydrogen-bond donors (Lipinski definition) is 2. The highest BCUT2D eigenvalue weighted by Crippen LogP contribution is 2.13. The molecule has 0 fully saturated rings. The van der Waals surface area contributed by atoms with Crippen LogP contribution in [0, 0.1) is 6.92 Å². The van der Waals surface area contributed by atoms with Gasteiger partial charge < -0.3 is 9.51 Å². The average Bonchev–Trinajstić information content (AvgIpc) is 3.02. The molecule has 0 bridgehead atoms. The van der Waals surface area contributed by atoms with E-state index in [1.165, 1.54) is 12.3 Å². The van der Waals surface area contributed by atoms with Gasteiger partial charge in [-0.25, -0.2) is 13.1 Å². The number of pyridine rings is 1. The van der Waals surface area contributed by atoms with Gasteiger partial charge in [-0.15, -0.1) is 0 Å². The lowest BCUT2D eigenvalue weighted by Crippen LogP contribution is -2.23. The van der Waals surface area contributed by atoms with E-state index >= 15 is 0 Å². The van der Waals surface area contributed by atoms with Crippen LogP contribution in [0.4, 0.5) is 0 Å². The van der Waals surface area contributed by atoms with Crippen molar-refractivity contribution in [2.45, 2.75) is 18.4 Å². The van der Waals surface area contributed by atoms with Gasteiger partial charge in [0.05, 0.1) is 17.0 Å². The first kappa shape index (κ1) is 16.1. The van der Waals surface area contributed by atoms with E-state index in [0.717, 1.165) is 5.56 Å². The zero-order valence-corrected chi connectivity index (χ0v) is 13.5.